The van der Waals surface area contributed by atoms with E-state index in [0.29, 0.717) is 12.1 Å². The van der Waals surface area contributed by atoms with E-state index in [-0.39, 0.29) is 0 Å². The maximum absolute atomic E-state index is 4.07. The number of nitrogens with zero attached hydrogens (tertiary/aromatic N) is 1. The summed E-state index contributed by atoms with van der Waals surface area (Å²) in [5.41, 5.74) is 1.34. The molecule has 3 atom stereocenters. The SMILES string of the molecule is CSC1CCCC(NC(C)c2ccncc2)C1. The van der Waals surface area contributed by atoms with E-state index in [2.05, 4.69) is 35.6 Å². The second-order valence-electron chi connectivity index (χ2n) is 4.89. The van der Waals surface area contributed by atoms with Crippen molar-refractivity contribution in [3.05, 3.63) is 30.1 Å². The van der Waals surface area contributed by atoms with E-state index in [0.717, 1.165) is 5.25 Å². The highest BCUT2D eigenvalue weighted by Crippen LogP contribution is 2.28. The molecule has 17 heavy (non-hydrogen) atoms. The van der Waals surface area contributed by atoms with Crippen LogP contribution in [0.15, 0.2) is 24.5 Å². The standard InChI is InChI=1S/C14H22N2S/c1-11(12-6-8-15-9-7-12)16-13-4-3-5-14(10-13)17-2/h6-9,11,13-14,16H,3-5,10H2,1-2H3. The van der Waals surface area contributed by atoms with Crippen molar-refractivity contribution in [2.24, 2.45) is 0 Å². The van der Waals surface area contributed by atoms with E-state index in [1.165, 1.54) is 31.2 Å². The zero-order valence-corrected chi connectivity index (χ0v) is 11.5. The quantitative estimate of drug-likeness (QED) is 0.886. The van der Waals surface area contributed by atoms with Crippen LogP contribution in [0.4, 0.5) is 0 Å². The predicted octanol–water partition coefficient (Wildman–Crippen LogP) is 3.41. The first-order valence-corrected chi connectivity index (χ1v) is 7.77. The van der Waals surface area contributed by atoms with Crippen molar-refractivity contribution in [3.8, 4) is 0 Å². The van der Waals surface area contributed by atoms with E-state index < -0.39 is 0 Å². The molecule has 0 amide bonds. The van der Waals surface area contributed by atoms with Gasteiger partial charge < -0.3 is 5.32 Å². The van der Waals surface area contributed by atoms with Gasteiger partial charge >= 0.3 is 0 Å². The van der Waals surface area contributed by atoms with Crippen molar-refractivity contribution in [1.29, 1.82) is 0 Å². The summed E-state index contributed by atoms with van der Waals surface area (Å²) in [5.74, 6) is 0. The van der Waals surface area contributed by atoms with Gasteiger partial charge in [-0.1, -0.05) is 6.42 Å². The summed E-state index contributed by atoms with van der Waals surface area (Å²) in [6.45, 7) is 2.25. The third-order valence-electron chi connectivity index (χ3n) is 3.65. The molecule has 3 heteroatoms. The van der Waals surface area contributed by atoms with Gasteiger partial charge in [0.2, 0.25) is 0 Å². The fourth-order valence-corrected chi connectivity index (χ4v) is 3.44. The molecule has 0 bridgehead atoms. The van der Waals surface area contributed by atoms with Gasteiger partial charge in [0.1, 0.15) is 0 Å². The Hall–Kier alpha value is -0.540. The number of pyridine rings is 1. The number of nitrogens with one attached hydrogen (secondary N) is 1. The summed E-state index contributed by atoms with van der Waals surface area (Å²) in [6.07, 6.45) is 11.4. The third-order valence-corrected chi connectivity index (χ3v) is 4.75. The van der Waals surface area contributed by atoms with Crippen LogP contribution in [-0.2, 0) is 0 Å². The van der Waals surface area contributed by atoms with Gasteiger partial charge in [-0.05, 0) is 50.1 Å². The average Bonchev–Trinajstić information content (AvgIpc) is 2.40. The van der Waals surface area contributed by atoms with Crippen LogP contribution in [-0.4, -0.2) is 22.5 Å². The molecule has 0 aliphatic heterocycles. The molecule has 0 radical (unpaired) electrons. The smallest absolute Gasteiger partial charge is 0.0295 e. The molecule has 1 saturated carbocycles. The fourth-order valence-electron chi connectivity index (χ4n) is 2.61. The van der Waals surface area contributed by atoms with E-state index in [9.17, 15) is 0 Å². The zero-order chi connectivity index (χ0) is 12.1. The van der Waals surface area contributed by atoms with Gasteiger partial charge in [-0.15, -0.1) is 0 Å². The maximum Gasteiger partial charge on any atom is 0.0295 e. The molecular weight excluding hydrogens is 228 g/mol. The Labute approximate surface area is 109 Å². The van der Waals surface area contributed by atoms with Crippen LogP contribution in [0.25, 0.3) is 0 Å². The number of rotatable bonds is 4. The second kappa shape index (κ2) is 6.41. The Morgan fingerprint density at radius 1 is 1.35 bits per heavy atom. The van der Waals surface area contributed by atoms with Gasteiger partial charge in [0.05, 0.1) is 0 Å². The number of hydrogen-bond acceptors (Lipinski definition) is 3. The zero-order valence-electron chi connectivity index (χ0n) is 10.7. The predicted molar refractivity (Wildman–Crippen MR) is 75.3 cm³/mol. The van der Waals surface area contributed by atoms with Crippen LogP contribution in [0.2, 0.25) is 0 Å². The van der Waals surface area contributed by atoms with Crippen molar-refractivity contribution in [2.75, 3.05) is 6.26 Å². The minimum Gasteiger partial charge on any atom is -0.307 e. The molecule has 0 saturated heterocycles. The Balaban J connectivity index is 1.88. The van der Waals surface area contributed by atoms with Gasteiger partial charge in [0, 0.05) is 29.7 Å². The normalized spacial score (nSPS) is 26.7. The van der Waals surface area contributed by atoms with Gasteiger partial charge in [-0.3, -0.25) is 4.98 Å². The largest absolute Gasteiger partial charge is 0.307 e. The van der Waals surface area contributed by atoms with Crippen molar-refractivity contribution in [3.63, 3.8) is 0 Å². The molecule has 1 aromatic rings. The molecule has 2 nitrogen and oxygen atoms in total. The number of aromatic nitrogens is 1. The molecule has 3 unspecified atom stereocenters. The van der Waals surface area contributed by atoms with Crippen LogP contribution in [0.3, 0.4) is 0 Å². The first-order chi connectivity index (χ1) is 8.29. The lowest BCUT2D eigenvalue weighted by Crippen LogP contribution is -2.36. The molecule has 1 fully saturated rings. The highest BCUT2D eigenvalue weighted by molar-refractivity contribution is 7.99. The van der Waals surface area contributed by atoms with Gasteiger partial charge in [0.25, 0.3) is 0 Å². The van der Waals surface area contributed by atoms with Gasteiger partial charge in [-0.2, -0.15) is 11.8 Å². The lowest BCUT2D eigenvalue weighted by molar-refractivity contribution is 0.353. The first-order valence-electron chi connectivity index (χ1n) is 6.48. The molecule has 1 aliphatic rings. The lowest BCUT2D eigenvalue weighted by Gasteiger charge is -2.31. The maximum atomic E-state index is 4.07. The molecule has 0 aromatic carbocycles. The van der Waals surface area contributed by atoms with Gasteiger partial charge in [-0.25, -0.2) is 0 Å². The van der Waals surface area contributed by atoms with Crippen LogP contribution in [0.5, 0.6) is 0 Å². The monoisotopic (exact) mass is 250 g/mol. The van der Waals surface area contributed by atoms with Crippen LogP contribution in [0, 0.1) is 0 Å². The third kappa shape index (κ3) is 3.71. The summed E-state index contributed by atoms with van der Waals surface area (Å²) in [6, 6.07) is 5.33. The minimum absolute atomic E-state index is 0.434. The van der Waals surface area contributed by atoms with E-state index in [1.54, 1.807) is 0 Å². The molecular formula is C14H22N2S. The molecule has 1 aliphatic carbocycles. The molecule has 94 valence electrons. The molecule has 1 aromatic heterocycles. The topological polar surface area (TPSA) is 24.9 Å². The Kier molecular flexibility index (Phi) is 4.86. The number of thioether (sulfide) groups is 1. The second-order valence-corrected chi connectivity index (χ2v) is 6.03. The summed E-state index contributed by atoms with van der Waals surface area (Å²) in [7, 11) is 0. The molecule has 1 heterocycles. The van der Waals surface area contributed by atoms with E-state index >= 15 is 0 Å². The van der Waals surface area contributed by atoms with Crippen LogP contribution in [0.1, 0.15) is 44.2 Å². The fraction of sp³-hybridized carbons (Fsp3) is 0.643. The van der Waals surface area contributed by atoms with Crippen molar-refractivity contribution in [1.82, 2.24) is 10.3 Å². The first kappa shape index (κ1) is 12.9. The Bertz CT molecular complexity index is 328. The average molecular weight is 250 g/mol. The summed E-state index contributed by atoms with van der Waals surface area (Å²) >= 11 is 2.02. The Morgan fingerprint density at radius 3 is 2.82 bits per heavy atom. The van der Waals surface area contributed by atoms with Crippen molar-refractivity contribution < 1.29 is 0 Å². The minimum atomic E-state index is 0.434. The molecule has 1 N–H and O–H groups in total. The molecule has 0 spiro atoms. The number of hydrogen-bond donors (Lipinski definition) is 1. The van der Waals surface area contributed by atoms with E-state index in [4.69, 9.17) is 0 Å². The highest BCUT2D eigenvalue weighted by Gasteiger charge is 2.22. The summed E-state index contributed by atoms with van der Waals surface area (Å²) in [5, 5.41) is 4.61. The van der Waals surface area contributed by atoms with Crippen LogP contribution < -0.4 is 5.32 Å². The molecule has 2 rings (SSSR count). The Morgan fingerprint density at radius 2 is 2.12 bits per heavy atom. The summed E-state index contributed by atoms with van der Waals surface area (Å²) in [4.78, 5) is 4.07. The highest BCUT2D eigenvalue weighted by atomic mass is 32.2. The van der Waals surface area contributed by atoms with Crippen LogP contribution >= 0.6 is 11.8 Å². The van der Waals surface area contributed by atoms with Gasteiger partial charge in [0.15, 0.2) is 0 Å². The van der Waals surface area contributed by atoms with Crippen molar-refractivity contribution >= 4 is 11.8 Å². The van der Waals surface area contributed by atoms with E-state index in [1.807, 2.05) is 24.2 Å². The van der Waals surface area contributed by atoms with Crippen molar-refractivity contribution in [2.45, 2.75) is 49.9 Å². The lowest BCUT2D eigenvalue weighted by atomic mass is 9.94. The summed E-state index contributed by atoms with van der Waals surface area (Å²) < 4.78 is 0.